The summed E-state index contributed by atoms with van der Waals surface area (Å²) in [6, 6.07) is 5.57. The van der Waals surface area contributed by atoms with Crippen molar-refractivity contribution in [1.82, 2.24) is 10.0 Å². The maximum absolute atomic E-state index is 12.5. The van der Waals surface area contributed by atoms with Crippen molar-refractivity contribution in [3.63, 3.8) is 0 Å². The number of sulfonamides is 1. The van der Waals surface area contributed by atoms with E-state index in [1.165, 1.54) is 12.1 Å². The number of aliphatic hydroxyl groups excluding tert-OH is 1. The van der Waals surface area contributed by atoms with Crippen molar-refractivity contribution in [2.75, 3.05) is 0 Å². The molecule has 7 heteroatoms. The third-order valence-electron chi connectivity index (χ3n) is 6.88. The summed E-state index contributed by atoms with van der Waals surface area (Å²) >= 11 is 0. The average Bonchev–Trinajstić information content (AvgIpc) is 2.76. The highest BCUT2D eigenvalue weighted by Crippen LogP contribution is 2.67. The fourth-order valence-electron chi connectivity index (χ4n) is 4.55. The van der Waals surface area contributed by atoms with Crippen LogP contribution in [0.25, 0.3) is 0 Å². The lowest BCUT2D eigenvalue weighted by atomic mass is 9.68. The fraction of sp³-hybridized carbons (Fsp3) is 0.611. The first kappa shape index (κ1) is 18.2. The van der Waals surface area contributed by atoms with Gasteiger partial charge in [0, 0.05) is 5.41 Å². The van der Waals surface area contributed by atoms with Gasteiger partial charge in [-0.1, -0.05) is 38.5 Å². The van der Waals surface area contributed by atoms with E-state index in [9.17, 15) is 18.3 Å². The minimum Gasteiger partial charge on any atom is -0.392 e. The van der Waals surface area contributed by atoms with E-state index in [-0.39, 0.29) is 15.7 Å². The Bertz CT molecular complexity index is 803. The van der Waals surface area contributed by atoms with E-state index in [4.69, 9.17) is 0 Å². The SMILES string of the molecule is Cc1ccc(S(=O)(=O)NC(=O)NC23CCC(C)(C(O)C2)C3(C)C)cc1. The highest BCUT2D eigenvalue weighted by atomic mass is 32.2. The van der Waals surface area contributed by atoms with E-state index in [1.54, 1.807) is 12.1 Å². The van der Waals surface area contributed by atoms with Gasteiger partial charge in [0.2, 0.25) is 0 Å². The van der Waals surface area contributed by atoms with E-state index >= 15 is 0 Å². The predicted molar refractivity (Wildman–Crippen MR) is 94.5 cm³/mol. The lowest BCUT2D eigenvalue weighted by molar-refractivity contribution is 0.0122. The maximum atomic E-state index is 12.5. The van der Waals surface area contributed by atoms with Gasteiger partial charge in [-0.3, -0.25) is 0 Å². The van der Waals surface area contributed by atoms with Gasteiger partial charge in [-0.15, -0.1) is 0 Å². The quantitative estimate of drug-likeness (QED) is 0.765. The van der Waals surface area contributed by atoms with Gasteiger partial charge in [-0.05, 0) is 43.7 Å². The van der Waals surface area contributed by atoms with Crippen LogP contribution in [0.3, 0.4) is 0 Å². The summed E-state index contributed by atoms with van der Waals surface area (Å²) in [6.45, 7) is 7.96. The monoisotopic (exact) mass is 366 g/mol. The van der Waals surface area contributed by atoms with Crippen molar-refractivity contribution in [2.45, 2.75) is 63.5 Å². The molecule has 2 fully saturated rings. The average molecular weight is 366 g/mol. The van der Waals surface area contributed by atoms with Crippen LogP contribution in [0, 0.1) is 17.8 Å². The number of aliphatic hydroxyl groups is 1. The summed E-state index contributed by atoms with van der Waals surface area (Å²) in [4.78, 5) is 12.5. The van der Waals surface area contributed by atoms with Gasteiger partial charge in [-0.2, -0.15) is 0 Å². The first-order valence-electron chi connectivity index (χ1n) is 8.53. The number of fused-ring (bicyclic) bond motifs is 2. The van der Waals surface area contributed by atoms with E-state index in [2.05, 4.69) is 10.0 Å². The van der Waals surface area contributed by atoms with E-state index in [1.807, 2.05) is 27.7 Å². The van der Waals surface area contributed by atoms with E-state index in [0.29, 0.717) is 6.42 Å². The molecule has 2 saturated carbocycles. The Hall–Kier alpha value is -1.60. The summed E-state index contributed by atoms with van der Waals surface area (Å²) in [5.74, 6) is 0. The molecule has 0 heterocycles. The van der Waals surface area contributed by atoms with Crippen molar-refractivity contribution in [3.05, 3.63) is 29.8 Å². The summed E-state index contributed by atoms with van der Waals surface area (Å²) in [6.07, 6.45) is 1.46. The van der Waals surface area contributed by atoms with Crippen LogP contribution in [-0.4, -0.2) is 31.2 Å². The molecule has 3 unspecified atom stereocenters. The first-order chi connectivity index (χ1) is 11.4. The smallest absolute Gasteiger partial charge is 0.329 e. The Labute approximate surface area is 149 Å². The number of benzene rings is 1. The summed E-state index contributed by atoms with van der Waals surface area (Å²) in [7, 11) is -3.93. The number of urea groups is 1. The minimum absolute atomic E-state index is 0.0488. The van der Waals surface area contributed by atoms with Gasteiger partial charge in [0.15, 0.2) is 0 Å². The van der Waals surface area contributed by atoms with Crippen molar-refractivity contribution >= 4 is 16.1 Å². The second-order valence-corrected chi connectivity index (χ2v) is 9.90. The fourth-order valence-corrected chi connectivity index (χ4v) is 5.46. The molecule has 0 radical (unpaired) electrons. The lowest BCUT2D eigenvalue weighted by Crippen LogP contribution is -2.57. The van der Waals surface area contributed by atoms with Gasteiger partial charge in [0.1, 0.15) is 0 Å². The Balaban J connectivity index is 1.78. The third-order valence-corrected chi connectivity index (χ3v) is 8.23. The van der Waals surface area contributed by atoms with E-state index < -0.39 is 27.7 Å². The molecular weight excluding hydrogens is 340 g/mol. The molecular formula is C18H26N2O4S. The molecule has 0 aromatic heterocycles. The van der Waals surface area contributed by atoms with Gasteiger partial charge >= 0.3 is 6.03 Å². The lowest BCUT2D eigenvalue weighted by Gasteiger charge is -2.41. The maximum Gasteiger partial charge on any atom is 0.329 e. The zero-order valence-corrected chi connectivity index (χ0v) is 15.9. The Morgan fingerprint density at radius 2 is 1.76 bits per heavy atom. The molecule has 2 aliphatic rings. The Kier molecular flexibility index (Phi) is 3.96. The number of rotatable bonds is 3. The Morgan fingerprint density at radius 1 is 1.16 bits per heavy atom. The number of carbonyl (C=O) groups is 1. The largest absolute Gasteiger partial charge is 0.392 e. The van der Waals surface area contributed by atoms with Crippen molar-refractivity contribution < 1.29 is 18.3 Å². The topological polar surface area (TPSA) is 95.5 Å². The van der Waals surface area contributed by atoms with Gasteiger partial charge in [0.25, 0.3) is 10.0 Å². The molecule has 0 spiro atoms. The van der Waals surface area contributed by atoms with Crippen LogP contribution in [0.4, 0.5) is 4.79 Å². The number of aryl methyl sites for hydroxylation is 1. The van der Waals surface area contributed by atoms with Crippen molar-refractivity contribution in [2.24, 2.45) is 10.8 Å². The molecule has 138 valence electrons. The van der Waals surface area contributed by atoms with Crippen LogP contribution in [0.1, 0.15) is 45.6 Å². The molecule has 1 aromatic rings. The molecule has 3 N–H and O–H groups in total. The minimum atomic E-state index is -3.93. The van der Waals surface area contributed by atoms with Gasteiger partial charge in [0.05, 0.1) is 16.5 Å². The van der Waals surface area contributed by atoms with Gasteiger partial charge in [-0.25, -0.2) is 17.9 Å². The number of carbonyl (C=O) groups excluding carboxylic acids is 1. The van der Waals surface area contributed by atoms with Crippen LogP contribution in [-0.2, 0) is 10.0 Å². The molecule has 3 rings (SSSR count). The zero-order valence-electron chi connectivity index (χ0n) is 15.1. The number of nitrogens with one attached hydrogen (secondary N) is 2. The second-order valence-electron chi connectivity index (χ2n) is 8.22. The highest BCUT2D eigenvalue weighted by Gasteiger charge is 2.69. The molecule has 0 saturated heterocycles. The summed E-state index contributed by atoms with van der Waals surface area (Å²) < 4.78 is 26.9. The number of hydrogen-bond acceptors (Lipinski definition) is 4. The standard InChI is InChI=1S/C18H26N2O4S/c1-12-5-7-13(8-6-12)25(23,24)20-15(22)19-18-10-9-17(4,14(21)11-18)16(18,2)3/h5-8,14,21H,9-11H2,1-4H3,(H2,19,20,22). The normalized spacial score (nSPS) is 33.2. The van der Waals surface area contributed by atoms with Crippen LogP contribution in [0.15, 0.2) is 29.2 Å². The van der Waals surface area contributed by atoms with Crippen LogP contribution in [0.5, 0.6) is 0 Å². The predicted octanol–water partition coefficient (Wildman–Crippen LogP) is 2.31. The Morgan fingerprint density at radius 3 is 2.24 bits per heavy atom. The zero-order chi connectivity index (χ0) is 18.7. The highest BCUT2D eigenvalue weighted by molar-refractivity contribution is 7.90. The molecule has 2 bridgehead atoms. The first-order valence-corrected chi connectivity index (χ1v) is 10.0. The number of amides is 2. The molecule has 0 aliphatic heterocycles. The van der Waals surface area contributed by atoms with Crippen LogP contribution < -0.4 is 10.0 Å². The van der Waals surface area contributed by atoms with Crippen molar-refractivity contribution in [1.29, 1.82) is 0 Å². The third kappa shape index (κ3) is 2.56. The van der Waals surface area contributed by atoms with Crippen LogP contribution in [0.2, 0.25) is 0 Å². The summed E-state index contributed by atoms with van der Waals surface area (Å²) in [5.41, 5.74) is -0.275. The second kappa shape index (κ2) is 5.45. The molecule has 25 heavy (non-hydrogen) atoms. The molecule has 3 atom stereocenters. The molecule has 1 aromatic carbocycles. The van der Waals surface area contributed by atoms with Gasteiger partial charge < -0.3 is 10.4 Å². The molecule has 6 nitrogen and oxygen atoms in total. The molecule has 2 amide bonds. The van der Waals surface area contributed by atoms with E-state index in [0.717, 1.165) is 18.4 Å². The van der Waals surface area contributed by atoms with Crippen LogP contribution >= 0.6 is 0 Å². The summed E-state index contributed by atoms with van der Waals surface area (Å²) in [5, 5.41) is 13.3. The number of hydrogen-bond donors (Lipinski definition) is 3. The van der Waals surface area contributed by atoms with Crippen molar-refractivity contribution in [3.8, 4) is 0 Å². The molecule has 2 aliphatic carbocycles.